The van der Waals surface area contributed by atoms with E-state index in [0.717, 1.165) is 6.42 Å². The van der Waals surface area contributed by atoms with E-state index in [1.807, 2.05) is 6.26 Å². The molecule has 0 fully saturated rings. The fraction of sp³-hybridized carbons (Fsp3) is 0.667. The van der Waals surface area contributed by atoms with Crippen molar-refractivity contribution in [3.8, 4) is 0 Å². The summed E-state index contributed by atoms with van der Waals surface area (Å²) in [5.41, 5.74) is 0. The Bertz CT molecular complexity index is 273. The predicted octanol–water partition coefficient (Wildman–Crippen LogP) is 2.38. The summed E-state index contributed by atoms with van der Waals surface area (Å²) in [7, 11) is 0. The van der Waals surface area contributed by atoms with Gasteiger partial charge in [-0.15, -0.1) is 11.3 Å². The van der Waals surface area contributed by atoms with Gasteiger partial charge in [-0.25, -0.2) is 0 Å². The van der Waals surface area contributed by atoms with Crippen LogP contribution in [0.5, 0.6) is 0 Å². The maximum atomic E-state index is 9.21. The van der Waals surface area contributed by atoms with E-state index in [2.05, 4.69) is 36.7 Å². The topological polar surface area (TPSA) is 32.3 Å². The third-order valence-corrected chi connectivity index (χ3v) is 4.74. The first-order valence-electron chi connectivity index (χ1n) is 5.59. The summed E-state index contributed by atoms with van der Waals surface area (Å²) in [5, 5.41) is 15.2. The minimum atomic E-state index is 0.237. The molecule has 0 amide bonds. The second-order valence-corrected chi connectivity index (χ2v) is 6.21. The van der Waals surface area contributed by atoms with Crippen molar-refractivity contribution < 1.29 is 5.11 Å². The molecule has 4 heteroatoms. The van der Waals surface area contributed by atoms with Crippen LogP contribution in [-0.2, 0) is 6.42 Å². The molecule has 1 aromatic heterocycles. The van der Waals surface area contributed by atoms with Crippen molar-refractivity contribution in [1.82, 2.24) is 5.32 Å². The Hall–Kier alpha value is -0.0300. The van der Waals surface area contributed by atoms with Crippen LogP contribution in [0, 0.1) is 0 Å². The summed E-state index contributed by atoms with van der Waals surface area (Å²) >= 11 is 3.52. The molecule has 2 nitrogen and oxygen atoms in total. The minimum Gasteiger partial charge on any atom is -0.395 e. The van der Waals surface area contributed by atoms with Crippen molar-refractivity contribution in [3.63, 3.8) is 0 Å². The number of thioether (sulfide) groups is 1. The van der Waals surface area contributed by atoms with E-state index < -0.39 is 0 Å². The Kier molecular flexibility index (Phi) is 6.43. The third-order valence-electron chi connectivity index (χ3n) is 2.68. The largest absolute Gasteiger partial charge is 0.395 e. The second kappa shape index (κ2) is 7.33. The Morgan fingerprint density at radius 1 is 1.50 bits per heavy atom. The second-order valence-electron chi connectivity index (χ2n) is 4.10. The van der Waals surface area contributed by atoms with E-state index in [9.17, 15) is 5.11 Å². The number of aliphatic hydroxyl groups excluding tert-OH is 1. The molecule has 16 heavy (non-hydrogen) atoms. The van der Waals surface area contributed by atoms with Gasteiger partial charge in [0.05, 0.1) is 6.61 Å². The summed E-state index contributed by atoms with van der Waals surface area (Å²) in [4.78, 5) is 1.41. The number of nitrogens with one attached hydrogen (secondary N) is 1. The monoisotopic (exact) mass is 259 g/mol. The average Bonchev–Trinajstić information content (AvgIpc) is 2.71. The van der Waals surface area contributed by atoms with Crippen LogP contribution in [0.2, 0.25) is 0 Å². The normalized spacial score (nSPS) is 17.0. The van der Waals surface area contributed by atoms with Crippen molar-refractivity contribution in [2.75, 3.05) is 12.9 Å². The van der Waals surface area contributed by atoms with E-state index in [4.69, 9.17) is 0 Å². The molecule has 0 aliphatic rings. The molecule has 0 spiro atoms. The molecule has 0 bridgehead atoms. The van der Waals surface area contributed by atoms with Gasteiger partial charge in [0.2, 0.25) is 0 Å². The van der Waals surface area contributed by atoms with Crippen LogP contribution >= 0.6 is 23.1 Å². The van der Waals surface area contributed by atoms with E-state index in [1.54, 1.807) is 23.1 Å². The molecule has 0 saturated heterocycles. The summed E-state index contributed by atoms with van der Waals surface area (Å²) in [6.07, 6.45) is 3.11. The maximum absolute atomic E-state index is 9.21. The van der Waals surface area contributed by atoms with Crippen LogP contribution in [0.25, 0.3) is 0 Å². The quantitative estimate of drug-likeness (QED) is 0.788. The maximum Gasteiger partial charge on any atom is 0.0564 e. The van der Waals surface area contributed by atoms with Gasteiger partial charge in [0, 0.05) is 22.2 Å². The Labute approximate surface area is 106 Å². The minimum absolute atomic E-state index is 0.237. The molecule has 2 N–H and O–H groups in total. The lowest BCUT2D eigenvalue weighted by atomic mass is 10.1. The van der Waals surface area contributed by atoms with Gasteiger partial charge in [-0.3, -0.25) is 0 Å². The van der Waals surface area contributed by atoms with E-state index in [-0.39, 0.29) is 11.9 Å². The number of aliphatic hydroxyl groups is 1. The van der Waals surface area contributed by atoms with Crippen molar-refractivity contribution in [3.05, 3.63) is 22.4 Å². The zero-order valence-electron chi connectivity index (χ0n) is 10.1. The summed E-state index contributed by atoms with van der Waals surface area (Å²) in [6, 6.07) is 5.06. The molecular weight excluding hydrogens is 238 g/mol. The molecule has 0 aromatic carbocycles. The summed E-state index contributed by atoms with van der Waals surface area (Å²) in [6.45, 7) is 4.58. The highest BCUT2D eigenvalue weighted by atomic mass is 32.2. The molecule has 0 aliphatic carbocycles. The van der Waals surface area contributed by atoms with Crippen molar-refractivity contribution in [2.24, 2.45) is 0 Å². The van der Waals surface area contributed by atoms with Gasteiger partial charge in [-0.05, 0) is 38.0 Å². The predicted molar refractivity (Wildman–Crippen MR) is 74.5 cm³/mol. The van der Waals surface area contributed by atoms with Gasteiger partial charge in [-0.1, -0.05) is 6.07 Å². The van der Waals surface area contributed by atoms with Gasteiger partial charge in [-0.2, -0.15) is 11.8 Å². The molecular formula is C12H21NOS2. The van der Waals surface area contributed by atoms with Crippen LogP contribution in [0.15, 0.2) is 17.5 Å². The van der Waals surface area contributed by atoms with Crippen molar-refractivity contribution in [2.45, 2.75) is 37.6 Å². The van der Waals surface area contributed by atoms with Crippen LogP contribution in [0.4, 0.5) is 0 Å². The Balaban J connectivity index is 2.35. The van der Waals surface area contributed by atoms with Crippen LogP contribution < -0.4 is 5.32 Å². The van der Waals surface area contributed by atoms with Gasteiger partial charge in [0.25, 0.3) is 0 Å². The van der Waals surface area contributed by atoms with Crippen LogP contribution in [0.3, 0.4) is 0 Å². The van der Waals surface area contributed by atoms with Gasteiger partial charge < -0.3 is 10.4 Å². The molecule has 1 aromatic rings. The van der Waals surface area contributed by atoms with Crippen LogP contribution in [0.1, 0.15) is 18.7 Å². The standard InChI is InChI=1S/C12H21NOS2/c1-9(7-11-5-4-6-16-11)13-10(2)12(8-14)15-3/h4-6,9-10,12-14H,7-8H2,1-3H3. The molecule has 0 saturated carbocycles. The molecule has 1 rings (SSSR count). The first-order chi connectivity index (χ1) is 7.67. The lowest BCUT2D eigenvalue weighted by Crippen LogP contribution is -2.43. The van der Waals surface area contributed by atoms with E-state index >= 15 is 0 Å². The highest BCUT2D eigenvalue weighted by Gasteiger charge is 2.17. The first-order valence-corrected chi connectivity index (χ1v) is 7.76. The average molecular weight is 259 g/mol. The molecule has 0 aliphatic heterocycles. The van der Waals surface area contributed by atoms with Crippen molar-refractivity contribution >= 4 is 23.1 Å². The molecule has 0 radical (unpaired) electrons. The smallest absolute Gasteiger partial charge is 0.0564 e. The zero-order chi connectivity index (χ0) is 12.0. The summed E-state index contributed by atoms with van der Waals surface area (Å²) < 4.78 is 0. The third kappa shape index (κ3) is 4.45. The number of hydrogen-bond acceptors (Lipinski definition) is 4. The SMILES string of the molecule is CSC(CO)C(C)NC(C)Cc1cccs1. The highest BCUT2D eigenvalue weighted by molar-refractivity contribution is 7.99. The zero-order valence-corrected chi connectivity index (χ0v) is 11.8. The fourth-order valence-electron chi connectivity index (χ4n) is 1.78. The Morgan fingerprint density at radius 3 is 2.75 bits per heavy atom. The number of thiophene rings is 1. The number of rotatable bonds is 7. The Morgan fingerprint density at radius 2 is 2.25 bits per heavy atom. The van der Waals surface area contributed by atoms with Crippen molar-refractivity contribution in [1.29, 1.82) is 0 Å². The molecule has 3 unspecified atom stereocenters. The van der Waals surface area contributed by atoms with Gasteiger partial charge in [0.15, 0.2) is 0 Å². The molecule has 3 atom stereocenters. The lowest BCUT2D eigenvalue weighted by Gasteiger charge is -2.25. The highest BCUT2D eigenvalue weighted by Crippen LogP contribution is 2.14. The lowest BCUT2D eigenvalue weighted by molar-refractivity contribution is 0.271. The van der Waals surface area contributed by atoms with E-state index in [0.29, 0.717) is 12.1 Å². The molecule has 1 heterocycles. The first kappa shape index (κ1) is 14.0. The van der Waals surface area contributed by atoms with Gasteiger partial charge >= 0.3 is 0 Å². The fourth-order valence-corrected chi connectivity index (χ4v) is 3.25. The van der Waals surface area contributed by atoms with Crippen LogP contribution in [-0.4, -0.2) is 35.3 Å². The van der Waals surface area contributed by atoms with E-state index in [1.165, 1.54) is 4.88 Å². The number of hydrogen-bond donors (Lipinski definition) is 2. The molecule has 92 valence electrons. The van der Waals surface area contributed by atoms with Gasteiger partial charge in [0.1, 0.15) is 0 Å². The summed E-state index contributed by atoms with van der Waals surface area (Å²) in [5.74, 6) is 0.